The van der Waals surface area contributed by atoms with E-state index >= 15 is 0 Å². The van der Waals surface area contributed by atoms with E-state index in [-0.39, 0.29) is 16.3 Å². The summed E-state index contributed by atoms with van der Waals surface area (Å²) >= 11 is 10.5. The highest BCUT2D eigenvalue weighted by Gasteiger charge is 2.35. The average molecular weight is 487 g/mol. The molecule has 0 spiro atoms. The number of aromatic nitrogens is 4. The number of rotatable bonds is 3. The molecule has 2 heterocycles. The van der Waals surface area contributed by atoms with Crippen LogP contribution in [0.4, 0.5) is 26.3 Å². The first-order valence-corrected chi connectivity index (χ1v) is 8.27. The highest BCUT2D eigenvalue weighted by Crippen LogP contribution is 2.30. The van der Waals surface area contributed by atoms with E-state index in [0.717, 1.165) is 6.07 Å². The molecule has 30 heavy (non-hydrogen) atoms. The van der Waals surface area contributed by atoms with Gasteiger partial charge in [0.25, 0.3) is 0 Å². The van der Waals surface area contributed by atoms with Crippen LogP contribution in [0, 0.1) is 0 Å². The van der Waals surface area contributed by atoms with Gasteiger partial charge in [0.15, 0.2) is 10.8 Å². The summed E-state index contributed by atoms with van der Waals surface area (Å²) < 4.78 is 76.1. The molecule has 2 N–H and O–H groups in total. The van der Waals surface area contributed by atoms with Crippen LogP contribution >= 0.6 is 23.2 Å². The van der Waals surface area contributed by atoms with Gasteiger partial charge in [-0.25, -0.2) is 4.68 Å². The fraction of sp³-hybridized carbons (Fsp3) is 0.429. The molecule has 0 saturated carbocycles. The predicted molar refractivity (Wildman–Crippen MR) is 90.8 cm³/mol. The SMILES string of the molecule is CCOC(C)=O.FC(F)(F)c1cc(Cl)n[nH]1.O=C(O)Cn1nc(C(F)(F)F)cc1Cl. The molecule has 0 saturated heterocycles. The molecule has 0 bridgehead atoms. The third kappa shape index (κ3) is 10.9. The van der Waals surface area contributed by atoms with Crippen LogP contribution in [0.15, 0.2) is 12.1 Å². The predicted octanol–water partition coefficient (Wildman–Crippen LogP) is 4.29. The average Bonchev–Trinajstić information content (AvgIpc) is 3.14. The van der Waals surface area contributed by atoms with Crippen molar-refractivity contribution in [3.05, 3.63) is 33.8 Å². The molecule has 2 aromatic rings. The zero-order chi connectivity index (χ0) is 23.7. The maximum atomic E-state index is 12.0. The van der Waals surface area contributed by atoms with Gasteiger partial charge in [-0.2, -0.15) is 36.5 Å². The van der Waals surface area contributed by atoms with Gasteiger partial charge in [0.2, 0.25) is 0 Å². The Morgan fingerprint density at radius 1 is 1.17 bits per heavy atom. The molecule has 2 aromatic heterocycles. The molecular weight excluding hydrogens is 473 g/mol. The van der Waals surface area contributed by atoms with E-state index in [1.54, 1.807) is 12.0 Å². The fourth-order valence-electron chi connectivity index (χ4n) is 1.42. The van der Waals surface area contributed by atoms with Crippen molar-refractivity contribution in [3.8, 4) is 0 Å². The summed E-state index contributed by atoms with van der Waals surface area (Å²) in [6.45, 7) is 2.95. The van der Waals surface area contributed by atoms with Crippen molar-refractivity contribution in [3.63, 3.8) is 0 Å². The van der Waals surface area contributed by atoms with Gasteiger partial charge in [-0.05, 0) is 6.92 Å². The third-order valence-electron chi connectivity index (χ3n) is 2.51. The molecule has 0 fully saturated rings. The topological polar surface area (TPSA) is 110 Å². The van der Waals surface area contributed by atoms with E-state index < -0.39 is 36.3 Å². The van der Waals surface area contributed by atoms with Crippen molar-refractivity contribution in [1.82, 2.24) is 20.0 Å². The molecule has 2 rings (SSSR count). The second-order valence-corrected chi connectivity index (χ2v) is 5.70. The van der Waals surface area contributed by atoms with Crippen LogP contribution in [0.2, 0.25) is 10.3 Å². The Hall–Kier alpha value is -2.48. The normalized spacial score (nSPS) is 11.0. The van der Waals surface area contributed by atoms with E-state index in [4.69, 9.17) is 28.3 Å². The van der Waals surface area contributed by atoms with E-state index in [1.165, 1.54) is 6.92 Å². The molecule has 0 amide bonds. The van der Waals surface area contributed by atoms with Crippen LogP contribution in [-0.4, -0.2) is 43.6 Å². The van der Waals surface area contributed by atoms with Gasteiger partial charge < -0.3 is 9.84 Å². The Balaban J connectivity index is 0.000000459. The van der Waals surface area contributed by atoms with Gasteiger partial charge in [0.1, 0.15) is 17.4 Å². The fourth-order valence-corrected chi connectivity index (χ4v) is 1.77. The largest absolute Gasteiger partial charge is 0.480 e. The number of carbonyl (C=O) groups excluding carboxylic acids is 1. The smallest absolute Gasteiger partial charge is 0.435 e. The zero-order valence-electron chi connectivity index (χ0n) is 15.1. The second-order valence-electron chi connectivity index (χ2n) is 4.93. The third-order valence-corrected chi connectivity index (χ3v) is 3.00. The maximum Gasteiger partial charge on any atom is 0.435 e. The van der Waals surface area contributed by atoms with Crippen LogP contribution in [0.1, 0.15) is 25.2 Å². The number of hydrogen-bond donors (Lipinski definition) is 2. The molecule has 170 valence electrons. The Bertz CT molecular complexity index is 835. The summed E-state index contributed by atoms with van der Waals surface area (Å²) in [7, 11) is 0. The molecule has 0 unspecified atom stereocenters. The van der Waals surface area contributed by atoms with Crippen LogP contribution < -0.4 is 0 Å². The molecule has 8 nitrogen and oxygen atoms in total. The molecule has 0 aliphatic carbocycles. The van der Waals surface area contributed by atoms with Gasteiger partial charge in [0.05, 0.1) is 6.61 Å². The number of carboxylic acid groups (broad SMARTS) is 1. The quantitative estimate of drug-likeness (QED) is 0.494. The monoisotopic (exact) mass is 486 g/mol. The van der Waals surface area contributed by atoms with Gasteiger partial charge >= 0.3 is 24.3 Å². The van der Waals surface area contributed by atoms with Gasteiger partial charge in [0, 0.05) is 19.1 Å². The first-order valence-electron chi connectivity index (χ1n) is 7.51. The van der Waals surface area contributed by atoms with Gasteiger partial charge in [-0.15, -0.1) is 0 Å². The van der Waals surface area contributed by atoms with Crippen molar-refractivity contribution >= 4 is 35.1 Å². The number of esters is 1. The van der Waals surface area contributed by atoms with E-state index in [1.807, 2.05) is 0 Å². The second kappa shape index (κ2) is 11.6. The number of ether oxygens (including phenoxy) is 1. The number of halogens is 8. The van der Waals surface area contributed by atoms with Gasteiger partial charge in [-0.3, -0.25) is 14.7 Å². The van der Waals surface area contributed by atoms with Gasteiger partial charge in [-0.1, -0.05) is 23.2 Å². The van der Waals surface area contributed by atoms with Crippen molar-refractivity contribution in [2.75, 3.05) is 6.61 Å². The number of aromatic amines is 1. The first kappa shape index (κ1) is 27.5. The minimum atomic E-state index is -4.62. The molecule has 16 heteroatoms. The lowest BCUT2D eigenvalue weighted by Gasteiger charge is -2.00. The highest BCUT2D eigenvalue weighted by atomic mass is 35.5. The van der Waals surface area contributed by atoms with Crippen molar-refractivity contribution in [2.45, 2.75) is 32.7 Å². The molecule has 0 radical (unpaired) electrons. The Kier molecular flexibility index (Phi) is 10.7. The van der Waals surface area contributed by atoms with Crippen LogP contribution in [0.5, 0.6) is 0 Å². The van der Waals surface area contributed by atoms with Crippen molar-refractivity contribution in [2.24, 2.45) is 0 Å². The molecule has 0 aromatic carbocycles. The number of nitrogens with one attached hydrogen (secondary N) is 1. The zero-order valence-corrected chi connectivity index (χ0v) is 16.6. The Morgan fingerprint density at radius 2 is 1.73 bits per heavy atom. The van der Waals surface area contributed by atoms with E-state index in [9.17, 15) is 35.9 Å². The number of aliphatic carboxylic acids is 1. The molecular formula is C14H14Cl2F6N4O4. The minimum absolute atomic E-state index is 0.188. The van der Waals surface area contributed by atoms with Crippen LogP contribution in [0.3, 0.4) is 0 Å². The number of H-pyrrole nitrogens is 1. The van der Waals surface area contributed by atoms with Crippen LogP contribution in [0.25, 0.3) is 0 Å². The lowest BCUT2D eigenvalue weighted by molar-refractivity contribution is -0.143. The summed E-state index contributed by atoms with van der Waals surface area (Å²) in [5.74, 6) is -1.53. The van der Waals surface area contributed by atoms with E-state index in [2.05, 4.69) is 14.9 Å². The lowest BCUT2D eigenvalue weighted by atomic mass is 10.4. The molecule has 0 aliphatic heterocycles. The lowest BCUT2D eigenvalue weighted by Crippen LogP contribution is -2.12. The Morgan fingerprint density at radius 3 is 1.97 bits per heavy atom. The summed E-state index contributed by atoms with van der Waals surface area (Å²) in [4.78, 5) is 20.0. The summed E-state index contributed by atoms with van der Waals surface area (Å²) in [6, 6.07) is 1.30. The minimum Gasteiger partial charge on any atom is -0.480 e. The van der Waals surface area contributed by atoms with Crippen molar-refractivity contribution < 1.29 is 45.8 Å². The number of hydrogen-bond acceptors (Lipinski definition) is 5. The number of carboxylic acids is 1. The number of nitrogens with zero attached hydrogens (tertiary/aromatic N) is 3. The highest BCUT2D eigenvalue weighted by molar-refractivity contribution is 6.29. The van der Waals surface area contributed by atoms with Crippen LogP contribution in [-0.2, 0) is 33.2 Å². The Labute approximate surface area is 174 Å². The molecule has 0 aliphatic rings. The van der Waals surface area contributed by atoms with Crippen molar-refractivity contribution in [1.29, 1.82) is 0 Å². The standard InChI is InChI=1S/C6H4ClF3N2O2.C4H2ClF3N2.C4H8O2/c7-4-1-3(6(8,9)10)11-12(4)2-5(13)14;5-3-1-2(9-10-3)4(6,7)8;1-3-6-4(2)5/h1H,2H2,(H,13,14);1H,(H,9,10);3H2,1-2H3. The summed E-state index contributed by atoms with van der Waals surface area (Å²) in [5, 5.41) is 15.6. The number of carbonyl (C=O) groups is 2. The summed E-state index contributed by atoms with van der Waals surface area (Å²) in [5.41, 5.74) is -2.14. The number of alkyl halides is 6. The van der Waals surface area contributed by atoms with E-state index in [0.29, 0.717) is 17.4 Å². The maximum absolute atomic E-state index is 12.0. The first-order chi connectivity index (χ1) is 13.6. The summed E-state index contributed by atoms with van der Waals surface area (Å²) in [6.07, 6.45) is -9.01. The molecule has 0 atom stereocenters.